The van der Waals surface area contributed by atoms with Crippen molar-refractivity contribution >= 4 is 11.8 Å². The number of furan rings is 1. The van der Waals surface area contributed by atoms with Crippen LogP contribution in [0.3, 0.4) is 0 Å². The highest BCUT2D eigenvalue weighted by Gasteiger charge is 2.29. The van der Waals surface area contributed by atoms with Crippen LogP contribution in [-0.4, -0.2) is 29.3 Å². The van der Waals surface area contributed by atoms with Gasteiger partial charge in [0.05, 0.1) is 12.8 Å². The van der Waals surface area contributed by atoms with E-state index in [1.54, 1.807) is 17.2 Å². The average molecular weight is 250 g/mol. The second-order valence-corrected chi connectivity index (χ2v) is 4.50. The second kappa shape index (κ2) is 5.71. The molecule has 0 spiro atoms. The van der Waals surface area contributed by atoms with E-state index in [-0.39, 0.29) is 17.9 Å². The summed E-state index contributed by atoms with van der Waals surface area (Å²) < 4.78 is 5.25. The van der Waals surface area contributed by atoms with Crippen molar-refractivity contribution in [3.63, 3.8) is 0 Å². The van der Waals surface area contributed by atoms with E-state index in [4.69, 9.17) is 4.42 Å². The lowest BCUT2D eigenvalue weighted by Crippen LogP contribution is -2.44. The normalized spacial score (nSPS) is 20.7. The number of hydrogen-bond donors (Lipinski definition) is 1. The van der Waals surface area contributed by atoms with Gasteiger partial charge in [0.15, 0.2) is 0 Å². The molecule has 0 bridgehead atoms. The van der Waals surface area contributed by atoms with Crippen molar-refractivity contribution in [3.05, 3.63) is 24.2 Å². The molecule has 1 atom stereocenters. The maximum Gasteiger partial charge on any atom is 0.245 e. The fraction of sp³-hybridized carbons (Fsp3) is 0.538. The van der Waals surface area contributed by atoms with Crippen molar-refractivity contribution in [1.82, 2.24) is 10.2 Å². The number of amides is 2. The van der Waals surface area contributed by atoms with Gasteiger partial charge in [-0.1, -0.05) is 13.3 Å². The van der Waals surface area contributed by atoms with Crippen LogP contribution < -0.4 is 5.32 Å². The molecule has 2 heterocycles. The zero-order valence-corrected chi connectivity index (χ0v) is 10.5. The third-order valence-electron chi connectivity index (χ3n) is 3.06. The lowest BCUT2D eigenvalue weighted by Gasteiger charge is -2.22. The van der Waals surface area contributed by atoms with Gasteiger partial charge < -0.3 is 14.6 Å². The molecule has 5 nitrogen and oxygen atoms in total. The molecule has 1 saturated heterocycles. The summed E-state index contributed by atoms with van der Waals surface area (Å²) in [4.78, 5) is 25.5. The van der Waals surface area contributed by atoms with Crippen LogP contribution in [0, 0.1) is 0 Å². The minimum atomic E-state index is -0.389. The smallest absolute Gasteiger partial charge is 0.245 e. The first-order valence-corrected chi connectivity index (χ1v) is 6.31. The Morgan fingerprint density at radius 3 is 3.00 bits per heavy atom. The van der Waals surface area contributed by atoms with Crippen LogP contribution in [0.15, 0.2) is 22.8 Å². The molecule has 1 unspecified atom stereocenters. The van der Waals surface area contributed by atoms with Crippen LogP contribution in [0.4, 0.5) is 0 Å². The zero-order valence-electron chi connectivity index (χ0n) is 10.5. The molecular weight excluding hydrogens is 232 g/mol. The van der Waals surface area contributed by atoms with Gasteiger partial charge in [-0.2, -0.15) is 0 Å². The number of nitrogens with one attached hydrogen (secondary N) is 1. The molecule has 1 aromatic rings. The quantitative estimate of drug-likeness (QED) is 0.876. The van der Waals surface area contributed by atoms with Gasteiger partial charge in [-0.15, -0.1) is 0 Å². The second-order valence-electron chi connectivity index (χ2n) is 4.50. The van der Waals surface area contributed by atoms with Gasteiger partial charge in [0.2, 0.25) is 11.8 Å². The van der Waals surface area contributed by atoms with Crippen LogP contribution in [-0.2, 0) is 16.1 Å². The van der Waals surface area contributed by atoms with E-state index in [1.165, 1.54) is 0 Å². The molecule has 1 N–H and O–H groups in total. The molecule has 18 heavy (non-hydrogen) atoms. The minimum absolute atomic E-state index is 0.0147. The summed E-state index contributed by atoms with van der Waals surface area (Å²) in [6, 6.07) is 3.24. The first kappa shape index (κ1) is 12.7. The Morgan fingerprint density at radius 1 is 1.50 bits per heavy atom. The average Bonchev–Trinajstić information content (AvgIpc) is 2.81. The van der Waals surface area contributed by atoms with Crippen LogP contribution in [0.5, 0.6) is 0 Å². The summed E-state index contributed by atoms with van der Waals surface area (Å²) in [6.45, 7) is 2.88. The third-order valence-corrected chi connectivity index (χ3v) is 3.06. The topological polar surface area (TPSA) is 62.6 Å². The minimum Gasteiger partial charge on any atom is -0.467 e. The molecule has 98 valence electrons. The predicted molar refractivity (Wildman–Crippen MR) is 65.6 cm³/mol. The number of carbonyl (C=O) groups excluding carboxylic acids is 2. The molecule has 0 radical (unpaired) electrons. The maximum atomic E-state index is 12.3. The molecule has 0 saturated carbocycles. The van der Waals surface area contributed by atoms with E-state index in [1.807, 2.05) is 13.0 Å². The van der Waals surface area contributed by atoms with Gasteiger partial charge in [-0.05, 0) is 18.6 Å². The summed E-state index contributed by atoms with van der Waals surface area (Å²) in [5.41, 5.74) is 0. The standard InChI is InChI=1S/C13H18N2O3/c1-2-4-11-13(17)15(7-6-12(16)14-11)9-10-5-3-8-18-10/h3,5,8,11H,2,4,6-7,9H2,1H3,(H,14,16). The molecule has 1 aliphatic rings. The van der Waals surface area contributed by atoms with Crippen molar-refractivity contribution < 1.29 is 14.0 Å². The molecular formula is C13H18N2O3. The van der Waals surface area contributed by atoms with Crippen molar-refractivity contribution in [3.8, 4) is 0 Å². The van der Waals surface area contributed by atoms with Gasteiger partial charge in [-0.3, -0.25) is 9.59 Å². The van der Waals surface area contributed by atoms with E-state index in [0.717, 1.165) is 12.2 Å². The summed E-state index contributed by atoms with van der Waals surface area (Å²) in [5.74, 6) is 0.677. The molecule has 1 fully saturated rings. The maximum absolute atomic E-state index is 12.3. The lowest BCUT2D eigenvalue weighted by molar-refractivity contribution is -0.134. The molecule has 0 aromatic carbocycles. The van der Waals surface area contributed by atoms with Gasteiger partial charge in [-0.25, -0.2) is 0 Å². The number of carbonyl (C=O) groups is 2. The Hall–Kier alpha value is -1.78. The van der Waals surface area contributed by atoms with Crippen LogP contribution >= 0.6 is 0 Å². The van der Waals surface area contributed by atoms with E-state index in [9.17, 15) is 9.59 Å². The summed E-state index contributed by atoms with van der Waals surface area (Å²) >= 11 is 0. The van der Waals surface area contributed by atoms with Crippen molar-refractivity contribution in [2.24, 2.45) is 0 Å². The van der Waals surface area contributed by atoms with Crippen molar-refractivity contribution in [1.29, 1.82) is 0 Å². The van der Waals surface area contributed by atoms with Crippen LogP contribution in [0.1, 0.15) is 31.9 Å². The van der Waals surface area contributed by atoms with E-state index in [0.29, 0.717) is 25.9 Å². The number of rotatable bonds is 4. The van der Waals surface area contributed by atoms with Crippen molar-refractivity contribution in [2.75, 3.05) is 6.54 Å². The number of nitrogens with zero attached hydrogens (tertiary/aromatic N) is 1. The largest absolute Gasteiger partial charge is 0.467 e. The Bertz CT molecular complexity index is 414. The van der Waals surface area contributed by atoms with Gasteiger partial charge in [0, 0.05) is 13.0 Å². The fourth-order valence-electron chi connectivity index (χ4n) is 2.13. The molecule has 1 aliphatic heterocycles. The predicted octanol–water partition coefficient (Wildman–Crippen LogP) is 1.30. The highest BCUT2D eigenvalue weighted by Crippen LogP contribution is 2.12. The first-order chi connectivity index (χ1) is 8.70. The fourth-order valence-corrected chi connectivity index (χ4v) is 2.13. The molecule has 1 aromatic heterocycles. The third kappa shape index (κ3) is 2.91. The highest BCUT2D eigenvalue weighted by molar-refractivity contribution is 5.89. The van der Waals surface area contributed by atoms with E-state index < -0.39 is 0 Å². The van der Waals surface area contributed by atoms with Gasteiger partial charge >= 0.3 is 0 Å². The number of hydrogen-bond acceptors (Lipinski definition) is 3. The molecule has 2 amide bonds. The summed E-state index contributed by atoms with van der Waals surface area (Å²) in [6.07, 6.45) is 3.49. The Kier molecular flexibility index (Phi) is 4.02. The molecule has 0 aliphatic carbocycles. The van der Waals surface area contributed by atoms with Crippen LogP contribution in [0.25, 0.3) is 0 Å². The van der Waals surface area contributed by atoms with E-state index >= 15 is 0 Å². The summed E-state index contributed by atoms with van der Waals surface area (Å²) in [5, 5.41) is 2.78. The van der Waals surface area contributed by atoms with Gasteiger partial charge in [0.25, 0.3) is 0 Å². The SMILES string of the molecule is CCCC1NC(=O)CCN(Cc2ccco2)C1=O. The molecule has 2 rings (SSSR count). The molecule has 5 heteroatoms. The zero-order chi connectivity index (χ0) is 13.0. The van der Waals surface area contributed by atoms with E-state index in [2.05, 4.69) is 5.32 Å². The van der Waals surface area contributed by atoms with Crippen molar-refractivity contribution in [2.45, 2.75) is 38.8 Å². The first-order valence-electron chi connectivity index (χ1n) is 6.31. The lowest BCUT2D eigenvalue weighted by atomic mass is 10.1. The van der Waals surface area contributed by atoms with Crippen LogP contribution in [0.2, 0.25) is 0 Å². The Balaban J connectivity index is 2.08. The summed E-state index contributed by atoms with van der Waals surface area (Å²) in [7, 11) is 0. The Morgan fingerprint density at radius 2 is 2.33 bits per heavy atom. The highest BCUT2D eigenvalue weighted by atomic mass is 16.3. The monoisotopic (exact) mass is 250 g/mol. The van der Waals surface area contributed by atoms with Gasteiger partial charge in [0.1, 0.15) is 11.8 Å². The Labute approximate surface area is 106 Å².